The Kier molecular flexibility index (Phi) is 4.83. The van der Waals surface area contributed by atoms with Crippen LogP contribution in [0.1, 0.15) is 46.0 Å². The van der Waals surface area contributed by atoms with E-state index in [0.717, 1.165) is 25.7 Å². The van der Waals surface area contributed by atoms with E-state index in [-0.39, 0.29) is 6.04 Å². The molecule has 1 unspecified atom stereocenters. The van der Waals surface area contributed by atoms with Crippen molar-refractivity contribution in [2.45, 2.75) is 58.2 Å². The molecule has 0 bridgehead atoms. The predicted molar refractivity (Wildman–Crippen MR) is 59.4 cm³/mol. The molecular formula is C12H20F3NO. The van der Waals surface area contributed by atoms with Gasteiger partial charge in [-0.2, -0.15) is 13.2 Å². The van der Waals surface area contributed by atoms with Gasteiger partial charge >= 0.3 is 6.18 Å². The number of carbonyl (C=O) groups excluding carboxylic acids is 1. The highest BCUT2D eigenvalue weighted by Crippen LogP contribution is 2.26. The van der Waals surface area contributed by atoms with Gasteiger partial charge in [0.25, 0.3) is 0 Å². The van der Waals surface area contributed by atoms with Crippen LogP contribution in [0.15, 0.2) is 0 Å². The van der Waals surface area contributed by atoms with Gasteiger partial charge in [-0.1, -0.05) is 13.8 Å². The molecule has 1 rings (SSSR count). The van der Waals surface area contributed by atoms with Crippen molar-refractivity contribution in [2.75, 3.05) is 0 Å². The topological polar surface area (TPSA) is 29.1 Å². The number of hydrogen-bond acceptors (Lipinski definition) is 1. The van der Waals surface area contributed by atoms with Gasteiger partial charge in [0.2, 0.25) is 5.91 Å². The molecule has 0 aliphatic heterocycles. The molecule has 0 aromatic rings. The number of nitrogens with one attached hydrogen (secondary N) is 1. The van der Waals surface area contributed by atoms with Crippen LogP contribution in [-0.4, -0.2) is 18.1 Å². The standard InChI is InChI=1S/C12H20F3NO/c1-8-3-5-10(6-4-8)16-11(17)9(2)7-12(13,14)15/h8-10H,3-7H2,1-2H3,(H,16,17). The number of amides is 1. The lowest BCUT2D eigenvalue weighted by Crippen LogP contribution is -2.41. The first-order valence-electron chi connectivity index (χ1n) is 6.15. The molecule has 1 fully saturated rings. The second kappa shape index (κ2) is 5.74. The smallest absolute Gasteiger partial charge is 0.353 e. The summed E-state index contributed by atoms with van der Waals surface area (Å²) in [5, 5.41) is 2.72. The van der Waals surface area contributed by atoms with Crippen molar-refractivity contribution >= 4 is 5.91 Å². The Labute approximate surface area is 100.0 Å². The number of rotatable bonds is 3. The van der Waals surface area contributed by atoms with E-state index < -0.39 is 24.4 Å². The van der Waals surface area contributed by atoms with Crippen molar-refractivity contribution in [1.29, 1.82) is 0 Å². The second-order valence-corrected chi connectivity index (χ2v) is 5.19. The molecule has 100 valence electrons. The fourth-order valence-corrected chi connectivity index (χ4v) is 2.19. The molecule has 1 aliphatic rings. The summed E-state index contributed by atoms with van der Waals surface area (Å²) in [6.45, 7) is 3.48. The summed E-state index contributed by atoms with van der Waals surface area (Å²) < 4.78 is 36.3. The summed E-state index contributed by atoms with van der Waals surface area (Å²) in [5.41, 5.74) is 0. The zero-order valence-electron chi connectivity index (χ0n) is 10.3. The molecule has 17 heavy (non-hydrogen) atoms. The van der Waals surface area contributed by atoms with Crippen LogP contribution in [0, 0.1) is 11.8 Å². The molecule has 5 heteroatoms. The maximum Gasteiger partial charge on any atom is 0.389 e. The lowest BCUT2D eigenvalue weighted by Gasteiger charge is -2.28. The molecule has 1 atom stereocenters. The van der Waals surface area contributed by atoms with Crippen molar-refractivity contribution in [3.63, 3.8) is 0 Å². The minimum absolute atomic E-state index is 0.0642. The summed E-state index contributed by atoms with van der Waals surface area (Å²) in [7, 11) is 0. The number of halogens is 3. The first kappa shape index (κ1) is 14.3. The molecule has 1 N–H and O–H groups in total. The monoisotopic (exact) mass is 251 g/mol. The molecule has 0 radical (unpaired) electrons. The van der Waals surface area contributed by atoms with E-state index >= 15 is 0 Å². The highest BCUT2D eigenvalue weighted by molar-refractivity contribution is 5.78. The minimum Gasteiger partial charge on any atom is -0.353 e. The van der Waals surface area contributed by atoms with Crippen LogP contribution >= 0.6 is 0 Å². The highest BCUT2D eigenvalue weighted by Gasteiger charge is 2.33. The van der Waals surface area contributed by atoms with Crippen molar-refractivity contribution in [1.82, 2.24) is 5.32 Å². The fraction of sp³-hybridized carbons (Fsp3) is 0.917. The molecule has 1 amide bonds. The average molecular weight is 251 g/mol. The number of alkyl halides is 3. The highest BCUT2D eigenvalue weighted by atomic mass is 19.4. The third kappa shape index (κ3) is 5.41. The van der Waals surface area contributed by atoms with Crippen molar-refractivity contribution in [3.8, 4) is 0 Å². The summed E-state index contributed by atoms with van der Waals surface area (Å²) in [6.07, 6.45) is -1.46. The molecule has 1 saturated carbocycles. The van der Waals surface area contributed by atoms with E-state index in [2.05, 4.69) is 12.2 Å². The van der Waals surface area contributed by atoms with Gasteiger partial charge in [-0.15, -0.1) is 0 Å². The quantitative estimate of drug-likeness (QED) is 0.819. The third-order valence-corrected chi connectivity index (χ3v) is 3.35. The van der Waals surface area contributed by atoms with Gasteiger partial charge in [0.1, 0.15) is 0 Å². The Morgan fingerprint density at radius 2 is 1.82 bits per heavy atom. The fourth-order valence-electron chi connectivity index (χ4n) is 2.19. The summed E-state index contributed by atoms with van der Waals surface area (Å²) in [4.78, 5) is 11.6. The normalized spacial score (nSPS) is 27.6. The largest absolute Gasteiger partial charge is 0.389 e. The molecule has 0 heterocycles. The lowest BCUT2D eigenvalue weighted by molar-refractivity contribution is -0.153. The lowest BCUT2D eigenvalue weighted by atomic mass is 9.87. The molecule has 0 aromatic carbocycles. The van der Waals surface area contributed by atoms with Gasteiger partial charge in [-0.25, -0.2) is 0 Å². The average Bonchev–Trinajstić information content (AvgIpc) is 2.19. The molecule has 0 saturated heterocycles. The van der Waals surface area contributed by atoms with Crippen molar-refractivity contribution in [2.24, 2.45) is 11.8 Å². The molecule has 1 aliphatic carbocycles. The van der Waals surface area contributed by atoms with Crippen LogP contribution in [0.5, 0.6) is 0 Å². The Balaban J connectivity index is 2.33. The predicted octanol–water partition coefficient (Wildman–Crippen LogP) is 3.27. The number of hydrogen-bond donors (Lipinski definition) is 1. The van der Waals surface area contributed by atoms with Crippen molar-refractivity contribution < 1.29 is 18.0 Å². The summed E-state index contributed by atoms with van der Waals surface area (Å²) in [5.74, 6) is -0.799. The first-order valence-corrected chi connectivity index (χ1v) is 6.15. The van der Waals surface area contributed by atoms with E-state index in [9.17, 15) is 18.0 Å². The van der Waals surface area contributed by atoms with Crippen LogP contribution in [0.2, 0.25) is 0 Å². The molecular weight excluding hydrogens is 231 g/mol. The second-order valence-electron chi connectivity index (χ2n) is 5.19. The van der Waals surface area contributed by atoms with Crippen LogP contribution in [0.3, 0.4) is 0 Å². The summed E-state index contributed by atoms with van der Waals surface area (Å²) in [6, 6.07) is 0.0642. The van der Waals surface area contributed by atoms with E-state index in [4.69, 9.17) is 0 Å². The van der Waals surface area contributed by atoms with Crippen LogP contribution < -0.4 is 5.32 Å². The van der Waals surface area contributed by atoms with E-state index in [0.29, 0.717) is 5.92 Å². The Morgan fingerprint density at radius 3 is 2.29 bits per heavy atom. The Morgan fingerprint density at radius 1 is 1.29 bits per heavy atom. The maximum atomic E-state index is 12.1. The van der Waals surface area contributed by atoms with E-state index in [1.165, 1.54) is 6.92 Å². The zero-order valence-corrected chi connectivity index (χ0v) is 10.3. The van der Waals surface area contributed by atoms with E-state index in [1.54, 1.807) is 0 Å². The van der Waals surface area contributed by atoms with Gasteiger partial charge in [-0.3, -0.25) is 4.79 Å². The van der Waals surface area contributed by atoms with Crippen LogP contribution in [0.4, 0.5) is 13.2 Å². The zero-order chi connectivity index (χ0) is 13.1. The minimum atomic E-state index is -4.27. The van der Waals surface area contributed by atoms with E-state index in [1.807, 2.05) is 0 Å². The van der Waals surface area contributed by atoms with Gasteiger partial charge < -0.3 is 5.32 Å². The molecule has 0 spiro atoms. The Hall–Kier alpha value is -0.740. The van der Waals surface area contributed by atoms with Crippen molar-refractivity contribution in [3.05, 3.63) is 0 Å². The first-order chi connectivity index (χ1) is 7.78. The molecule has 0 aromatic heterocycles. The molecule has 2 nitrogen and oxygen atoms in total. The van der Waals surface area contributed by atoms with Gasteiger partial charge in [0.05, 0.1) is 6.42 Å². The third-order valence-electron chi connectivity index (χ3n) is 3.35. The van der Waals surface area contributed by atoms with Gasteiger partial charge in [0.15, 0.2) is 0 Å². The van der Waals surface area contributed by atoms with Crippen LogP contribution in [0.25, 0.3) is 0 Å². The SMILES string of the molecule is CC1CCC(NC(=O)C(C)CC(F)(F)F)CC1. The van der Waals surface area contributed by atoms with Gasteiger partial charge in [0, 0.05) is 12.0 Å². The number of carbonyl (C=O) groups is 1. The summed E-state index contributed by atoms with van der Waals surface area (Å²) >= 11 is 0. The van der Waals surface area contributed by atoms with Gasteiger partial charge in [-0.05, 0) is 31.6 Å². The Bertz CT molecular complexity index is 257. The van der Waals surface area contributed by atoms with Crippen LogP contribution in [-0.2, 0) is 4.79 Å². The maximum absolute atomic E-state index is 12.1.